The molecule has 2 aromatic carbocycles. The average Bonchev–Trinajstić information content (AvgIpc) is 3.36. The van der Waals surface area contributed by atoms with Gasteiger partial charge in [0.25, 0.3) is 0 Å². The predicted molar refractivity (Wildman–Crippen MR) is 121 cm³/mol. The first-order valence-corrected chi connectivity index (χ1v) is 11.1. The minimum Gasteiger partial charge on any atom is -0.508 e. The van der Waals surface area contributed by atoms with Crippen molar-refractivity contribution in [3.05, 3.63) is 58.7 Å². The number of likely N-dealkylation sites (tertiary alicyclic amines) is 1. The molecule has 4 atom stereocenters. The summed E-state index contributed by atoms with van der Waals surface area (Å²) >= 11 is 0. The van der Waals surface area contributed by atoms with Crippen molar-refractivity contribution in [3.8, 4) is 5.75 Å². The van der Waals surface area contributed by atoms with Crippen molar-refractivity contribution in [2.24, 2.45) is 11.8 Å². The molecule has 0 bridgehead atoms. The smallest absolute Gasteiger partial charge is 0.250 e. The van der Waals surface area contributed by atoms with E-state index in [0.717, 1.165) is 16.7 Å². The molecule has 3 aliphatic heterocycles. The Kier molecular flexibility index (Phi) is 5.02. The quantitative estimate of drug-likeness (QED) is 0.599. The van der Waals surface area contributed by atoms with Gasteiger partial charge in [0, 0.05) is 24.4 Å². The Labute approximate surface area is 191 Å². The Hall–Kier alpha value is -3.23. The van der Waals surface area contributed by atoms with Gasteiger partial charge in [-0.05, 0) is 49.1 Å². The number of fused-ring (bicyclic) bond motifs is 4. The second-order valence-corrected chi connectivity index (χ2v) is 9.14. The van der Waals surface area contributed by atoms with E-state index in [2.05, 4.69) is 10.6 Å². The standard InChI is InChI=1S/C25H27N3O5/c1-13-4-9-17-21(14(13)2)26-24(32)25(17)20-19(22(30)28(23(20)31)10-11-33-3)18(27-25)12-15-5-7-16(29)8-6-15/h4-9,18-20,27,29H,10-12H2,1-3H3,(H,26,32)/t18-,19+,20-,25+/m0/s1. The Balaban J connectivity index is 1.62. The highest BCUT2D eigenvalue weighted by molar-refractivity contribution is 6.15. The first kappa shape index (κ1) is 21.6. The van der Waals surface area contributed by atoms with E-state index in [1.807, 2.05) is 26.0 Å². The largest absolute Gasteiger partial charge is 0.508 e. The number of hydrogen-bond donors (Lipinski definition) is 3. The minimum absolute atomic E-state index is 0.153. The number of phenolic OH excluding ortho intramolecular Hbond substituents is 1. The summed E-state index contributed by atoms with van der Waals surface area (Å²) in [5, 5.41) is 16.1. The number of nitrogens with zero attached hydrogens (tertiary/aromatic N) is 1. The maximum Gasteiger partial charge on any atom is 0.250 e. The summed E-state index contributed by atoms with van der Waals surface area (Å²) in [7, 11) is 1.52. The van der Waals surface area contributed by atoms with Crippen molar-refractivity contribution < 1.29 is 24.2 Å². The number of phenols is 1. The summed E-state index contributed by atoms with van der Waals surface area (Å²) in [4.78, 5) is 41.9. The lowest BCUT2D eigenvalue weighted by Crippen LogP contribution is -2.53. The van der Waals surface area contributed by atoms with Crippen LogP contribution in [0.1, 0.15) is 22.3 Å². The Morgan fingerprint density at radius 2 is 1.79 bits per heavy atom. The maximum absolute atomic E-state index is 13.6. The van der Waals surface area contributed by atoms with Crippen LogP contribution >= 0.6 is 0 Å². The minimum atomic E-state index is -1.31. The van der Waals surface area contributed by atoms with Crippen LogP contribution in [0.25, 0.3) is 0 Å². The van der Waals surface area contributed by atoms with Gasteiger partial charge in [0.15, 0.2) is 0 Å². The summed E-state index contributed by atoms with van der Waals surface area (Å²) in [6.45, 7) is 4.31. The van der Waals surface area contributed by atoms with Crippen molar-refractivity contribution in [1.82, 2.24) is 10.2 Å². The van der Waals surface area contributed by atoms with Crippen LogP contribution in [0.15, 0.2) is 36.4 Å². The first-order valence-electron chi connectivity index (χ1n) is 11.1. The SMILES string of the molecule is COCCN1C(=O)[C@@H]2[C@H](Cc3ccc(O)cc3)N[C@@]3(C(=O)Nc4c3ccc(C)c4C)[C@@H]2C1=O. The number of benzene rings is 2. The van der Waals surface area contributed by atoms with Crippen molar-refractivity contribution >= 4 is 23.4 Å². The van der Waals surface area contributed by atoms with E-state index in [-0.39, 0.29) is 36.6 Å². The monoisotopic (exact) mass is 449 g/mol. The fraction of sp³-hybridized carbons (Fsp3) is 0.400. The number of methoxy groups -OCH3 is 1. The second kappa shape index (κ2) is 7.67. The molecule has 5 rings (SSSR count). The molecule has 2 fully saturated rings. The predicted octanol–water partition coefficient (Wildman–Crippen LogP) is 1.62. The van der Waals surface area contributed by atoms with Crippen LogP contribution in [-0.4, -0.2) is 54.0 Å². The number of anilines is 1. The summed E-state index contributed by atoms with van der Waals surface area (Å²) in [5.41, 5.74) is 3.01. The van der Waals surface area contributed by atoms with Crippen LogP contribution in [0.4, 0.5) is 5.69 Å². The van der Waals surface area contributed by atoms with Gasteiger partial charge in [-0.1, -0.05) is 24.3 Å². The molecule has 3 aliphatic rings. The number of carbonyl (C=O) groups excluding carboxylic acids is 3. The molecule has 0 aromatic heterocycles. The van der Waals surface area contributed by atoms with E-state index in [1.165, 1.54) is 12.0 Å². The van der Waals surface area contributed by atoms with E-state index in [9.17, 15) is 19.5 Å². The van der Waals surface area contributed by atoms with Crippen LogP contribution in [0, 0.1) is 25.7 Å². The van der Waals surface area contributed by atoms with Gasteiger partial charge in [0.05, 0.1) is 25.0 Å². The third-order valence-corrected chi connectivity index (χ3v) is 7.42. The summed E-state index contributed by atoms with van der Waals surface area (Å²) < 4.78 is 5.11. The average molecular weight is 450 g/mol. The fourth-order valence-electron chi connectivity index (χ4n) is 5.64. The third kappa shape index (κ3) is 3.01. The highest BCUT2D eigenvalue weighted by Gasteiger charge is 2.70. The van der Waals surface area contributed by atoms with E-state index >= 15 is 0 Å². The van der Waals surface area contributed by atoms with E-state index in [0.29, 0.717) is 17.7 Å². The Bertz CT molecular complexity index is 1160. The molecular formula is C25H27N3O5. The van der Waals surface area contributed by atoms with Crippen molar-refractivity contribution in [1.29, 1.82) is 0 Å². The zero-order valence-electron chi connectivity index (χ0n) is 18.8. The lowest BCUT2D eigenvalue weighted by atomic mass is 9.75. The van der Waals surface area contributed by atoms with Gasteiger partial charge in [-0.2, -0.15) is 0 Å². The van der Waals surface area contributed by atoms with Gasteiger partial charge in [0.2, 0.25) is 17.7 Å². The molecule has 8 heteroatoms. The zero-order chi connectivity index (χ0) is 23.5. The molecular weight excluding hydrogens is 422 g/mol. The molecule has 0 aliphatic carbocycles. The molecule has 8 nitrogen and oxygen atoms in total. The summed E-state index contributed by atoms with van der Waals surface area (Å²) in [6.07, 6.45) is 0.438. The lowest BCUT2D eigenvalue weighted by molar-refractivity contribution is -0.143. The first-order chi connectivity index (χ1) is 15.8. The molecule has 0 radical (unpaired) electrons. The van der Waals surface area contributed by atoms with Gasteiger partial charge >= 0.3 is 0 Å². The number of hydrogen-bond acceptors (Lipinski definition) is 6. The van der Waals surface area contributed by atoms with Gasteiger partial charge in [-0.25, -0.2) is 0 Å². The van der Waals surface area contributed by atoms with Crippen LogP contribution in [0.2, 0.25) is 0 Å². The van der Waals surface area contributed by atoms with Crippen molar-refractivity contribution in [2.75, 3.05) is 25.6 Å². The van der Waals surface area contributed by atoms with E-state index in [1.54, 1.807) is 24.3 Å². The normalized spacial score (nSPS) is 27.9. The number of aryl methyl sites for hydroxylation is 1. The zero-order valence-corrected chi connectivity index (χ0v) is 18.8. The molecule has 3 heterocycles. The maximum atomic E-state index is 13.6. The third-order valence-electron chi connectivity index (χ3n) is 7.42. The molecule has 3 N–H and O–H groups in total. The summed E-state index contributed by atoms with van der Waals surface area (Å²) in [5.74, 6) is -2.29. The second-order valence-electron chi connectivity index (χ2n) is 9.14. The van der Waals surface area contributed by atoms with Crippen LogP contribution < -0.4 is 10.6 Å². The van der Waals surface area contributed by atoms with Crippen LogP contribution in [0.5, 0.6) is 5.75 Å². The highest BCUT2D eigenvalue weighted by Crippen LogP contribution is 2.54. The number of carbonyl (C=O) groups is 3. The number of amides is 3. The van der Waals surface area contributed by atoms with Crippen molar-refractivity contribution in [2.45, 2.75) is 31.8 Å². The molecule has 0 unspecified atom stereocenters. The van der Waals surface area contributed by atoms with E-state index < -0.39 is 23.4 Å². The van der Waals surface area contributed by atoms with Crippen LogP contribution in [-0.2, 0) is 31.1 Å². The van der Waals surface area contributed by atoms with Gasteiger partial charge < -0.3 is 15.2 Å². The molecule has 2 saturated heterocycles. The summed E-state index contributed by atoms with van der Waals surface area (Å²) in [6, 6.07) is 10.2. The van der Waals surface area contributed by atoms with Gasteiger partial charge in [0.1, 0.15) is 11.3 Å². The van der Waals surface area contributed by atoms with Gasteiger partial charge in [-0.15, -0.1) is 0 Å². The topological polar surface area (TPSA) is 108 Å². The van der Waals surface area contributed by atoms with Gasteiger partial charge in [-0.3, -0.25) is 24.6 Å². The number of aromatic hydroxyl groups is 1. The Morgan fingerprint density at radius 1 is 1.06 bits per heavy atom. The van der Waals surface area contributed by atoms with Crippen molar-refractivity contribution in [3.63, 3.8) is 0 Å². The lowest BCUT2D eigenvalue weighted by Gasteiger charge is -2.29. The fourth-order valence-corrected chi connectivity index (χ4v) is 5.64. The number of imide groups is 1. The molecule has 33 heavy (non-hydrogen) atoms. The number of rotatable bonds is 5. The molecule has 2 aromatic rings. The molecule has 1 spiro atoms. The molecule has 172 valence electrons. The van der Waals surface area contributed by atoms with E-state index in [4.69, 9.17) is 4.74 Å². The molecule has 0 saturated carbocycles. The number of nitrogens with one attached hydrogen (secondary N) is 2. The molecule has 3 amide bonds. The highest BCUT2D eigenvalue weighted by atomic mass is 16.5. The number of ether oxygens (including phenoxy) is 1. The Morgan fingerprint density at radius 3 is 2.48 bits per heavy atom. The van der Waals surface area contributed by atoms with Crippen LogP contribution in [0.3, 0.4) is 0 Å².